The van der Waals surface area contributed by atoms with Crippen molar-refractivity contribution in [3.05, 3.63) is 35.4 Å². The van der Waals surface area contributed by atoms with E-state index in [-0.39, 0.29) is 11.8 Å². The molecule has 1 aromatic rings. The van der Waals surface area contributed by atoms with Crippen LogP contribution in [0.15, 0.2) is 24.3 Å². The van der Waals surface area contributed by atoms with E-state index in [0.717, 1.165) is 5.56 Å². The molecule has 0 radical (unpaired) electrons. The summed E-state index contributed by atoms with van der Waals surface area (Å²) in [7, 11) is 0. The van der Waals surface area contributed by atoms with Gasteiger partial charge in [0.25, 0.3) is 5.91 Å². The maximum Gasteiger partial charge on any atom is 0.251 e. The molecule has 1 aromatic carbocycles. The average molecular weight is 304 g/mol. The van der Waals surface area contributed by atoms with Crippen LogP contribution in [0.2, 0.25) is 0 Å². The highest BCUT2D eigenvalue weighted by Crippen LogP contribution is 2.29. The molecule has 1 fully saturated rings. The Morgan fingerprint density at radius 1 is 1.23 bits per heavy atom. The van der Waals surface area contributed by atoms with Crippen molar-refractivity contribution in [2.75, 3.05) is 13.2 Å². The van der Waals surface area contributed by atoms with Crippen molar-refractivity contribution in [3.63, 3.8) is 0 Å². The van der Waals surface area contributed by atoms with Gasteiger partial charge in [0, 0.05) is 18.7 Å². The zero-order valence-electron chi connectivity index (χ0n) is 13.2. The number of hydrogen-bond acceptors (Lipinski definition) is 3. The Balaban J connectivity index is 1.75. The third-order valence-electron chi connectivity index (χ3n) is 3.67. The predicted molar refractivity (Wildman–Crippen MR) is 84.4 cm³/mol. The second-order valence-electron chi connectivity index (χ2n) is 5.69. The summed E-state index contributed by atoms with van der Waals surface area (Å²) in [6, 6.07) is 7.22. The van der Waals surface area contributed by atoms with Crippen LogP contribution in [0.3, 0.4) is 0 Å². The van der Waals surface area contributed by atoms with E-state index in [0.29, 0.717) is 31.2 Å². The van der Waals surface area contributed by atoms with E-state index in [4.69, 9.17) is 4.74 Å². The molecule has 1 saturated carbocycles. The fourth-order valence-electron chi connectivity index (χ4n) is 2.01. The molecule has 1 atom stereocenters. The first kappa shape index (κ1) is 16.5. The lowest BCUT2D eigenvalue weighted by atomic mass is 10.1. The first-order valence-electron chi connectivity index (χ1n) is 7.86. The molecule has 0 aliphatic heterocycles. The highest BCUT2D eigenvalue weighted by Gasteiger charge is 2.23. The van der Waals surface area contributed by atoms with Crippen LogP contribution in [0.5, 0.6) is 0 Å². The van der Waals surface area contributed by atoms with Crippen LogP contribution < -0.4 is 10.6 Å². The number of carbonyl (C=O) groups is 2. The number of rotatable bonds is 8. The lowest BCUT2D eigenvalue weighted by Crippen LogP contribution is -2.34. The molecule has 1 aliphatic rings. The molecule has 0 heterocycles. The SMILES string of the molecule is CCNC(=O)c1ccc(CNC(=O)C(C)OCC2CC2)cc1. The van der Waals surface area contributed by atoms with Crippen LogP contribution in [0.4, 0.5) is 0 Å². The number of amides is 2. The lowest BCUT2D eigenvalue weighted by Gasteiger charge is -2.13. The van der Waals surface area contributed by atoms with Gasteiger partial charge in [0.15, 0.2) is 0 Å². The topological polar surface area (TPSA) is 67.4 Å². The van der Waals surface area contributed by atoms with Gasteiger partial charge in [-0.15, -0.1) is 0 Å². The van der Waals surface area contributed by atoms with Gasteiger partial charge in [-0.25, -0.2) is 0 Å². The fourth-order valence-corrected chi connectivity index (χ4v) is 2.01. The van der Waals surface area contributed by atoms with E-state index >= 15 is 0 Å². The Morgan fingerprint density at radius 2 is 1.91 bits per heavy atom. The Kier molecular flexibility index (Phi) is 5.95. The Labute approximate surface area is 131 Å². The summed E-state index contributed by atoms with van der Waals surface area (Å²) in [5.74, 6) is 0.464. The summed E-state index contributed by atoms with van der Waals surface area (Å²) in [6.45, 7) is 5.38. The highest BCUT2D eigenvalue weighted by molar-refractivity contribution is 5.94. The number of benzene rings is 1. The second-order valence-corrected chi connectivity index (χ2v) is 5.69. The summed E-state index contributed by atoms with van der Waals surface area (Å²) in [5.41, 5.74) is 1.58. The molecule has 2 amide bonds. The standard InChI is InChI=1S/C17H24N2O3/c1-3-18-17(21)15-8-6-13(7-9-15)10-19-16(20)12(2)22-11-14-4-5-14/h6-9,12,14H,3-5,10-11H2,1-2H3,(H,18,21)(H,19,20). The zero-order chi connectivity index (χ0) is 15.9. The van der Waals surface area contributed by atoms with Gasteiger partial charge < -0.3 is 15.4 Å². The van der Waals surface area contributed by atoms with Crippen molar-refractivity contribution in [1.82, 2.24) is 10.6 Å². The molecular weight excluding hydrogens is 280 g/mol. The normalized spacial score (nSPS) is 15.2. The minimum atomic E-state index is -0.421. The maximum atomic E-state index is 11.9. The molecule has 5 nitrogen and oxygen atoms in total. The van der Waals surface area contributed by atoms with E-state index in [9.17, 15) is 9.59 Å². The average Bonchev–Trinajstić information content (AvgIpc) is 3.35. The van der Waals surface area contributed by atoms with Crippen molar-refractivity contribution in [2.45, 2.75) is 39.3 Å². The van der Waals surface area contributed by atoms with Gasteiger partial charge in [-0.05, 0) is 50.3 Å². The van der Waals surface area contributed by atoms with E-state index < -0.39 is 6.10 Å². The summed E-state index contributed by atoms with van der Waals surface area (Å²) in [6.07, 6.45) is 2.01. The summed E-state index contributed by atoms with van der Waals surface area (Å²) in [4.78, 5) is 23.6. The molecule has 0 aromatic heterocycles. The fraction of sp³-hybridized carbons (Fsp3) is 0.529. The predicted octanol–water partition coefficient (Wildman–Crippen LogP) is 1.87. The Morgan fingerprint density at radius 3 is 2.50 bits per heavy atom. The first-order valence-corrected chi connectivity index (χ1v) is 7.86. The zero-order valence-corrected chi connectivity index (χ0v) is 13.2. The number of carbonyl (C=O) groups excluding carboxylic acids is 2. The molecular formula is C17H24N2O3. The van der Waals surface area contributed by atoms with Crippen LogP contribution >= 0.6 is 0 Å². The molecule has 2 rings (SSSR count). The molecule has 22 heavy (non-hydrogen) atoms. The maximum absolute atomic E-state index is 11.9. The minimum Gasteiger partial charge on any atom is -0.368 e. The molecule has 0 saturated heterocycles. The lowest BCUT2D eigenvalue weighted by molar-refractivity contribution is -0.132. The molecule has 5 heteroatoms. The molecule has 0 spiro atoms. The quantitative estimate of drug-likeness (QED) is 0.770. The summed E-state index contributed by atoms with van der Waals surface area (Å²) < 4.78 is 5.53. The molecule has 120 valence electrons. The highest BCUT2D eigenvalue weighted by atomic mass is 16.5. The molecule has 1 unspecified atom stereocenters. The van der Waals surface area contributed by atoms with Crippen molar-refractivity contribution >= 4 is 11.8 Å². The van der Waals surface area contributed by atoms with Crippen molar-refractivity contribution in [1.29, 1.82) is 0 Å². The number of nitrogens with one attached hydrogen (secondary N) is 2. The van der Waals surface area contributed by atoms with Gasteiger partial charge >= 0.3 is 0 Å². The number of hydrogen-bond donors (Lipinski definition) is 2. The van der Waals surface area contributed by atoms with E-state index in [1.165, 1.54) is 12.8 Å². The van der Waals surface area contributed by atoms with Crippen LogP contribution in [-0.2, 0) is 16.1 Å². The molecule has 0 bridgehead atoms. The Hall–Kier alpha value is -1.88. The van der Waals surface area contributed by atoms with E-state index in [1.54, 1.807) is 19.1 Å². The van der Waals surface area contributed by atoms with Gasteiger partial charge in [-0.3, -0.25) is 9.59 Å². The van der Waals surface area contributed by atoms with Crippen molar-refractivity contribution < 1.29 is 14.3 Å². The van der Waals surface area contributed by atoms with Gasteiger partial charge in [-0.1, -0.05) is 12.1 Å². The third kappa shape index (κ3) is 5.15. The van der Waals surface area contributed by atoms with Gasteiger partial charge in [0.2, 0.25) is 5.91 Å². The second kappa shape index (κ2) is 7.94. The minimum absolute atomic E-state index is 0.0832. The van der Waals surface area contributed by atoms with Crippen molar-refractivity contribution in [2.24, 2.45) is 5.92 Å². The van der Waals surface area contributed by atoms with Gasteiger partial charge in [0.05, 0.1) is 6.61 Å². The summed E-state index contributed by atoms with van der Waals surface area (Å²) >= 11 is 0. The van der Waals surface area contributed by atoms with Crippen LogP contribution in [0, 0.1) is 5.92 Å². The summed E-state index contributed by atoms with van der Waals surface area (Å²) in [5, 5.41) is 5.60. The molecule has 2 N–H and O–H groups in total. The van der Waals surface area contributed by atoms with Gasteiger partial charge in [0.1, 0.15) is 6.10 Å². The van der Waals surface area contributed by atoms with E-state index in [2.05, 4.69) is 10.6 Å². The monoisotopic (exact) mass is 304 g/mol. The van der Waals surface area contributed by atoms with Crippen LogP contribution in [0.25, 0.3) is 0 Å². The smallest absolute Gasteiger partial charge is 0.251 e. The van der Waals surface area contributed by atoms with Crippen molar-refractivity contribution in [3.8, 4) is 0 Å². The third-order valence-corrected chi connectivity index (χ3v) is 3.67. The number of ether oxygens (including phenoxy) is 1. The largest absolute Gasteiger partial charge is 0.368 e. The van der Waals surface area contributed by atoms with Crippen LogP contribution in [-0.4, -0.2) is 31.1 Å². The molecule has 1 aliphatic carbocycles. The first-order chi connectivity index (χ1) is 10.6. The van der Waals surface area contributed by atoms with E-state index in [1.807, 2.05) is 19.1 Å². The van der Waals surface area contributed by atoms with Crippen LogP contribution in [0.1, 0.15) is 42.6 Å². The Bertz CT molecular complexity index is 509. The van der Waals surface area contributed by atoms with Gasteiger partial charge in [-0.2, -0.15) is 0 Å².